The van der Waals surface area contributed by atoms with Crippen molar-refractivity contribution in [2.24, 2.45) is 0 Å². The Labute approximate surface area is 86.7 Å². The predicted octanol–water partition coefficient (Wildman–Crippen LogP) is 4.16. The Balaban J connectivity index is 2.41. The van der Waals surface area contributed by atoms with Crippen LogP contribution in [0.25, 0.3) is 6.08 Å². The van der Waals surface area contributed by atoms with E-state index in [0.29, 0.717) is 0 Å². The van der Waals surface area contributed by atoms with Crippen molar-refractivity contribution in [1.82, 2.24) is 0 Å². The molecule has 1 aromatic rings. The van der Waals surface area contributed by atoms with Crippen LogP contribution in [-0.2, 0) is 6.42 Å². The van der Waals surface area contributed by atoms with Gasteiger partial charge in [-0.25, -0.2) is 0 Å². The summed E-state index contributed by atoms with van der Waals surface area (Å²) in [6, 6.07) is 6.64. The van der Waals surface area contributed by atoms with Gasteiger partial charge in [-0.15, -0.1) is 0 Å². The van der Waals surface area contributed by atoms with Crippen molar-refractivity contribution >= 4 is 6.08 Å². The van der Waals surface area contributed by atoms with Crippen molar-refractivity contribution in [2.45, 2.75) is 38.5 Å². The first kappa shape index (κ1) is 9.51. The summed E-state index contributed by atoms with van der Waals surface area (Å²) in [7, 11) is 0. The third kappa shape index (κ3) is 1.75. The van der Waals surface area contributed by atoms with E-state index in [-0.39, 0.29) is 0 Å². The molecular formula is C14H18. The minimum absolute atomic E-state index is 0.839. The van der Waals surface area contributed by atoms with Crippen molar-refractivity contribution in [2.75, 3.05) is 0 Å². The van der Waals surface area contributed by atoms with Crippen molar-refractivity contribution in [3.05, 3.63) is 41.5 Å². The van der Waals surface area contributed by atoms with Crippen LogP contribution >= 0.6 is 0 Å². The molecule has 0 atom stereocenters. The number of hydrogen-bond acceptors (Lipinski definition) is 0. The lowest BCUT2D eigenvalue weighted by molar-refractivity contribution is 0.895. The zero-order valence-corrected chi connectivity index (χ0v) is 8.92. The molecule has 14 heavy (non-hydrogen) atoms. The van der Waals surface area contributed by atoms with Crippen LogP contribution in [-0.4, -0.2) is 0 Å². The van der Waals surface area contributed by atoms with Crippen LogP contribution in [0, 0.1) is 0 Å². The summed E-state index contributed by atoms with van der Waals surface area (Å²) >= 11 is 0. The monoisotopic (exact) mass is 186 g/mol. The molecule has 0 heterocycles. The lowest BCUT2D eigenvalue weighted by Gasteiger charge is -2.11. The molecule has 0 aromatic heterocycles. The van der Waals surface area contributed by atoms with Crippen LogP contribution < -0.4 is 0 Å². The molecule has 1 aromatic carbocycles. The molecule has 0 N–H and O–H groups in total. The Morgan fingerprint density at radius 2 is 2.21 bits per heavy atom. The van der Waals surface area contributed by atoms with Gasteiger partial charge in [0.1, 0.15) is 0 Å². The summed E-state index contributed by atoms with van der Waals surface area (Å²) in [5.41, 5.74) is 4.50. The highest BCUT2D eigenvalue weighted by Crippen LogP contribution is 2.43. The summed E-state index contributed by atoms with van der Waals surface area (Å²) in [5.74, 6) is 0.839. The smallest absolute Gasteiger partial charge is 0.0153 e. The standard InChI is InChI=1S/C14H18/c1-3-6-12-8-5-7-11(4-2)14(12)13-9-10-13/h4-5,7-8,13H,2-3,6,9-10H2,1H3. The molecule has 0 spiro atoms. The average molecular weight is 186 g/mol. The first-order valence-corrected chi connectivity index (χ1v) is 5.61. The summed E-state index contributed by atoms with van der Waals surface area (Å²) in [6.07, 6.45) is 7.21. The van der Waals surface area contributed by atoms with Crippen molar-refractivity contribution in [1.29, 1.82) is 0 Å². The second-order valence-electron chi connectivity index (χ2n) is 4.15. The Morgan fingerprint density at radius 3 is 2.79 bits per heavy atom. The molecular weight excluding hydrogens is 168 g/mol. The molecule has 1 aliphatic carbocycles. The SMILES string of the molecule is C=Cc1cccc(CCC)c1C1CC1. The lowest BCUT2D eigenvalue weighted by Crippen LogP contribution is -1.95. The maximum atomic E-state index is 3.90. The lowest BCUT2D eigenvalue weighted by atomic mass is 9.94. The van der Waals surface area contributed by atoms with Crippen molar-refractivity contribution < 1.29 is 0 Å². The van der Waals surface area contributed by atoms with Gasteiger partial charge >= 0.3 is 0 Å². The molecule has 0 aliphatic heterocycles. The van der Waals surface area contributed by atoms with Gasteiger partial charge < -0.3 is 0 Å². The maximum absolute atomic E-state index is 3.90. The second kappa shape index (κ2) is 4.00. The van der Waals surface area contributed by atoms with E-state index in [2.05, 4.69) is 31.7 Å². The normalized spacial score (nSPS) is 15.5. The summed E-state index contributed by atoms with van der Waals surface area (Å²) < 4.78 is 0. The van der Waals surface area contributed by atoms with Gasteiger partial charge in [-0.1, -0.05) is 44.2 Å². The molecule has 0 unspecified atom stereocenters. The van der Waals surface area contributed by atoms with E-state index in [4.69, 9.17) is 0 Å². The Morgan fingerprint density at radius 1 is 1.43 bits per heavy atom. The molecule has 1 fully saturated rings. The van der Waals surface area contributed by atoms with Gasteiger partial charge in [0, 0.05) is 0 Å². The fourth-order valence-electron chi connectivity index (χ4n) is 2.17. The largest absolute Gasteiger partial charge is 0.0985 e. The van der Waals surface area contributed by atoms with Gasteiger partial charge in [0.25, 0.3) is 0 Å². The molecule has 0 bridgehead atoms. The molecule has 0 amide bonds. The van der Waals surface area contributed by atoms with E-state index in [1.54, 1.807) is 11.1 Å². The summed E-state index contributed by atoms with van der Waals surface area (Å²) in [6.45, 7) is 6.15. The third-order valence-electron chi connectivity index (χ3n) is 2.95. The first-order chi connectivity index (χ1) is 6.86. The molecule has 74 valence electrons. The van der Waals surface area contributed by atoms with E-state index in [0.717, 1.165) is 5.92 Å². The number of rotatable bonds is 4. The molecule has 2 rings (SSSR count). The Hall–Kier alpha value is -1.04. The van der Waals surface area contributed by atoms with Crippen LogP contribution in [0.4, 0.5) is 0 Å². The molecule has 1 aliphatic rings. The van der Waals surface area contributed by atoms with E-state index < -0.39 is 0 Å². The van der Waals surface area contributed by atoms with Gasteiger partial charge in [-0.05, 0) is 41.9 Å². The van der Waals surface area contributed by atoms with E-state index in [9.17, 15) is 0 Å². The fourth-order valence-corrected chi connectivity index (χ4v) is 2.17. The minimum Gasteiger partial charge on any atom is -0.0985 e. The van der Waals surface area contributed by atoms with Crippen LogP contribution in [0.3, 0.4) is 0 Å². The highest BCUT2D eigenvalue weighted by molar-refractivity contribution is 5.56. The van der Waals surface area contributed by atoms with Crippen LogP contribution in [0.15, 0.2) is 24.8 Å². The van der Waals surface area contributed by atoms with Crippen molar-refractivity contribution in [3.8, 4) is 0 Å². The fraction of sp³-hybridized carbons (Fsp3) is 0.429. The van der Waals surface area contributed by atoms with Gasteiger partial charge in [-0.2, -0.15) is 0 Å². The zero-order valence-electron chi connectivity index (χ0n) is 8.92. The van der Waals surface area contributed by atoms with Crippen LogP contribution in [0.2, 0.25) is 0 Å². The maximum Gasteiger partial charge on any atom is -0.0153 e. The topological polar surface area (TPSA) is 0 Å². The third-order valence-corrected chi connectivity index (χ3v) is 2.95. The predicted molar refractivity (Wildman–Crippen MR) is 62.5 cm³/mol. The molecule has 0 radical (unpaired) electrons. The highest BCUT2D eigenvalue weighted by atomic mass is 14.3. The minimum atomic E-state index is 0.839. The zero-order chi connectivity index (χ0) is 9.97. The molecule has 0 saturated heterocycles. The molecule has 1 saturated carbocycles. The van der Waals surface area contributed by atoms with E-state index >= 15 is 0 Å². The first-order valence-electron chi connectivity index (χ1n) is 5.61. The van der Waals surface area contributed by atoms with Gasteiger partial charge in [0.2, 0.25) is 0 Å². The highest BCUT2D eigenvalue weighted by Gasteiger charge is 2.27. The molecule has 0 nitrogen and oxygen atoms in total. The number of aryl methyl sites for hydroxylation is 1. The quantitative estimate of drug-likeness (QED) is 0.662. The number of benzene rings is 1. The van der Waals surface area contributed by atoms with Crippen molar-refractivity contribution in [3.63, 3.8) is 0 Å². The number of hydrogen-bond donors (Lipinski definition) is 0. The van der Waals surface area contributed by atoms with Crippen LogP contribution in [0.1, 0.15) is 48.8 Å². The van der Waals surface area contributed by atoms with Gasteiger partial charge in [0.05, 0.1) is 0 Å². The average Bonchev–Trinajstić information content (AvgIpc) is 3.01. The van der Waals surface area contributed by atoms with E-state index in [1.807, 2.05) is 6.08 Å². The van der Waals surface area contributed by atoms with Gasteiger partial charge in [-0.3, -0.25) is 0 Å². The van der Waals surface area contributed by atoms with Gasteiger partial charge in [0.15, 0.2) is 0 Å². The Bertz CT molecular complexity index is 332. The second-order valence-corrected chi connectivity index (χ2v) is 4.15. The molecule has 0 heteroatoms. The Kier molecular flexibility index (Phi) is 2.72. The van der Waals surface area contributed by atoms with E-state index in [1.165, 1.54) is 31.2 Å². The van der Waals surface area contributed by atoms with Crippen LogP contribution in [0.5, 0.6) is 0 Å². The summed E-state index contributed by atoms with van der Waals surface area (Å²) in [5, 5.41) is 0. The summed E-state index contributed by atoms with van der Waals surface area (Å²) in [4.78, 5) is 0.